The summed E-state index contributed by atoms with van der Waals surface area (Å²) in [4.78, 5) is 29.5. The lowest BCUT2D eigenvalue weighted by Crippen LogP contribution is -2.47. The number of aromatic nitrogens is 1. The topological polar surface area (TPSA) is 58.7 Å². The van der Waals surface area contributed by atoms with Crippen molar-refractivity contribution in [3.63, 3.8) is 0 Å². The molecule has 1 aromatic heterocycles. The quantitative estimate of drug-likeness (QED) is 0.339. The average Bonchev–Trinajstić information content (AvgIpc) is 3.18. The first-order chi connectivity index (χ1) is 17.2. The molecule has 0 radical (unpaired) electrons. The van der Waals surface area contributed by atoms with Gasteiger partial charge in [-0.1, -0.05) is 29.8 Å². The van der Waals surface area contributed by atoms with E-state index in [9.17, 15) is 22.8 Å². The molecule has 0 N–H and O–H groups in total. The van der Waals surface area contributed by atoms with Gasteiger partial charge in [0.25, 0.3) is 0 Å². The number of piperazine rings is 1. The average molecular weight is 516 g/mol. The van der Waals surface area contributed by atoms with E-state index >= 15 is 0 Å². The third kappa shape index (κ3) is 4.76. The predicted octanol–water partition coefficient (Wildman–Crippen LogP) is 5.28. The van der Waals surface area contributed by atoms with Crippen LogP contribution in [0.1, 0.15) is 21.5 Å². The van der Waals surface area contributed by atoms with E-state index in [-0.39, 0.29) is 12.5 Å². The van der Waals surface area contributed by atoms with Crippen LogP contribution in [-0.2, 0) is 12.8 Å². The van der Waals surface area contributed by atoms with Gasteiger partial charge in [-0.3, -0.25) is 14.3 Å². The highest BCUT2D eigenvalue weighted by Crippen LogP contribution is 2.32. The minimum Gasteiger partial charge on any atom is -0.408 e. The number of hydrogen-bond acceptors (Lipinski definition) is 5. The molecule has 10 heteroatoms. The zero-order valence-corrected chi connectivity index (χ0v) is 19.7. The van der Waals surface area contributed by atoms with E-state index < -0.39 is 17.5 Å². The van der Waals surface area contributed by atoms with Crippen LogP contribution >= 0.6 is 11.6 Å². The van der Waals surface area contributed by atoms with E-state index in [2.05, 4.69) is 0 Å². The number of ketones is 1. The van der Waals surface area contributed by atoms with Gasteiger partial charge in [0.05, 0.1) is 22.8 Å². The molecule has 0 bridgehead atoms. The molecular formula is C26H21ClF3N3O3. The lowest BCUT2D eigenvalue weighted by atomic mass is 10.0. The van der Waals surface area contributed by atoms with E-state index in [0.717, 1.165) is 12.1 Å². The summed E-state index contributed by atoms with van der Waals surface area (Å²) in [6, 6.07) is 16.8. The molecule has 5 rings (SSSR count). The number of benzene rings is 3. The maximum atomic E-state index is 13.1. The molecule has 0 saturated carbocycles. The van der Waals surface area contributed by atoms with Gasteiger partial charge in [0.2, 0.25) is 0 Å². The van der Waals surface area contributed by atoms with Crippen molar-refractivity contribution in [1.82, 2.24) is 9.47 Å². The third-order valence-corrected chi connectivity index (χ3v) is 6.63. The first-order valence-corrected chi connectivity index (χ1v) is 11.7. The van der Waals surface area contributed by atoms with Gasteiger partial charge in [0.1, 0.15) is 0 Å². The van der Waals surface area contributed by atoms with Crippen LogP contribution in [0.2, 0.25) is 5.02 Å². The monoisotopic (exact) mass is 515 g/mol. The molecule has 1 fully saturated rings. The summed E-state index contributed by atoms with van der Waals surface area (Å²) in [5.41, 5.74) is 1.41. The van der Waals surface area contributed by atoms with Crippen LogP contribution in [0.5, 0.6) is 0 Å². The summed E-state index contributed by atoms with van der Waals surface area (Å²) in [6.45, 7) is 2.30. The minimum atomic E-state index is -4.40. The number of nitrogens with zero attached hydrogens (tertiary/aromatic N) is 3. The molecule has 1 saturated heterocycles. The van der Waals surface area contributed by atoms with E-state index in [1.54, 1.807) is 48.5 Å². The molecule has 36 heavy (non-hydrogen) atoms. The molecule has 0 spiro atoms. The highest BCUT2D eigenvalue weighted by Gasteiger charge is 2.31. The Labute approximate surface area is 209 Å². The second-order valence-corrected chi connectivity index (χ2v) is 8.99. The number of halogens is 4. The minimum absolute atomic E-state index is 0.228. The Morgan fingerprint density at radius 3 is 2.42 bits per heavy atom. The van der Waals surface area contributed by atoms with E-state index in [1.165, 1.54) is 10.6 Å². The van der Waals surface area contributed by atoms with Crippen molar-refractivity contribution in [3.05, 3.63) is 99.0 Å². The van der Waals surface area contributed by atoms with Gasteiger partial charge in [-0.25, -0.2) is 4.79 Å². The predicted molar refractivity (Wildman–Crippen MR) is 131 cm³/mol. The van der Waals surface area contributed by atoms with Gasteiger partial charge in [-0.15, -0.1) is 0 Å². The summed E-state index contributed by atoms with van der Waals surface area (Å²) in [5.74, 6) is -0.815. The summed E-state index contributed by atoms with van der Waals surface area (Å²) in [5, 5.41) is 0.339. The molecule has 2 heterocycles. The van der Waals surface area contributed by atoms with E-state index in [0.29, 0.717) is 59.1 Å². The third-order valence-electron chi connectivity index (χ3n) is 6.30. The number of rotatable bonds is 5. The van der Waals surface area contributed by atoms with Crippen molar-refractivity contribution < 1.29 is 22.4 Å². The Kier molecular flexibility index (Phi) is 6.36. The number of carbonyl (C=O) groups is 1. The maximum Gasteiger partial charge on any atom is 0.421 e. The molecule has 0 atom stereocenters. The molecule has 4 aromatic rings. The number of fused-ring (bicyclic) bond motifs is 1. The molecule has 6 nitrogen and oxygen atoms in total. The first-order valence-electron chi connectivity index (χ1n) is 11.3. The van der Waals surface area contributed by atoms with Crippen molar-refractivity contribution in [2.45, 2.75) is 12.8 Å². The van der Waals surface area contributed by atoms with Gasteiger partial charge in [-0.2, -0.15) is 13.2 Å². The molecule has 3 aromatic carbocycles. The van der Waals surface area contributed by atoms with Crippen molar-refractivity contribution in [2.75, 3.05) is 31.1 Å². The van der Waals surface area contributed by atoms with Crippen molar-refractivity contribution in [3.8, 4) is 0 Å². The Morgan fingerprint density at radius 2 is 1.69 bits per heavy atom. The first kappa shape index (κ1) is 24.1. The lowest BCUT2D eigenvalue weighted by Gasteiger charge is -2.36. The molecule has 0 unspecified atom stereocenters. The SMILES string of the molecule is O=C(c1ccc2oc(=O)n(CN3CCN(c4cccc(C(F)(F)F)c4)CC3)c2c1)c1ccccc1Cl. The van der Waals surface area contributed by atoms with E-state index in [1.807, 2.05) is 9.80 Å². The second kappa shape index (κ2) is 9.48. The number of carbonyl (C=O) groups excluding carboxylic acids is 1. The molecule has 186 valence electrons. The number of anilines is 1. The van der Waals surface area contributed by atoms with E-state index in [4.69, 9.17) is 16.0 Å². The standard InChI is InChI=1S/C26H21ClF3N3O3/c27-21-7-2-1-6-20(21)24(34)17-8-9-23-22(14-17)33(25(35)36-23)16-31-10-12-32(13-11-31)19-5-3-4-18(15-19)26(28,29)30/h1-9,14-15H,10-13,16H2. The summed E-state index contributed by atoms with van der Waals surface area (Å²) in [7, 11) is 0. The fourth-order valence-electron chi connectivity index (χ4n) is 4.36. The molecule has 0 amide bonds. The summed E-state index contributed by atoms with van der Waals surface area (Å²) in [6.07, 6.45) is -4.40. The lowest BCUT2D eigenvalue weighted by molar-refractivity contribution is -0.137. The number of alkyl halides is 3. The van der Waals surface area contributed by atoms with Crippen LogP contribution in [0.4, 0.5) is 18.9 Å². The number of hydrogen-bond donors (Lipinski definition) is 0. The number of oxazole rings is 1. The van der Waals surface area contributed by atoms with Crippen LogP contribution in [0, 0.1) is 0 Å². The zero-order chi connectivity index (χ0) is 25.4. The Hall–Kier alpha value is -3.56. The normalized spacial score (nSPS) is 14.9. The largest absolute Gasteiger partial charge is 0.421 e. The highest BCUT2D eigenvalue weighted by molar-refractivity contribution is 6.35. The van der Waals surface area contributed by atoms with Gasteiger partial charge < -0.3 is 9.32 Å². The zero-order valence-electron chi connectivity index (χ0n) is 19.0. The van der Waals surface area contributed by atoms with Gasteiger partial charge in [0, 0.05) is 43.0 Å². The molecular weight excluding hydrogens is 495 g/mol. The van der Waals surface area contributed by atoms with Crippen molar-refractivity contribution >= 4 is 34.2 Å². The molecule has 0 aliphatic carbocycles. The van der Waals surface area contributed by atoms with Crippen LogP contribution < -0.4 is 10.7 Å². The summed E-state index contributed by atoms with van der Waals surface area (Å²) < 4.78 is 46.0. The van der Waals surface area contributed by atoms with Gasteiger partial charge >= 0.3 is 11.9 Å². The second-order valence-electron chi connectivity index (χ2n) is 8.58. The fraction of sp³-hybridized carbons (Fsp3) is 0.231. The Morgan fingerprint density at radius 1 is 0.944 bits per heavy atom. The molecule has 1 aliphatic rings. The fourth-order valence-corrected chi connectivity index (χ4v) is 4.59. The van der Waals surface area contributed by atoms with Crippen molar-refractivity contribution in [2.24, 2.45) is 0 Å². The smallest absolute Gasteiger partial charge is 0.408 e. The summed E-state index contributed by atoms with van der Waals surface area (Å²) >= 11 is 6.18. The van der Waals surface area contributed by atoms with Crippen LogP contribution in [-0.4, -0.2) is 41.4 Å². The Bertz CT molecular complexity index is 1490. The van der Waals surface area contributed by atoms with Gasteiger partial charge in [-0.05, 0) is 48.5 Å². The van der Waals surface area contributed by atoms with Crippen LogP contribution in [0.3, 0.4) is 0 Å². The molecule has 1 aliphatic heterocycles. The van der Waals surface area contributed by atoms with Crippen molar-refractivity contribution in [1.29, 1.82) is 0 Å². The van der Waals surface area contributed by atoms with Crippen LogP contribution in [0.15, 0.2) is 75.9 Å². The highest BCUT2D eigenvalue weighted by atomic mass is 35.5. The van der Waals surface area contributed by atoms with Crippen LogP contribution in [0.25, 0.3) is 11.1 Å². The Balaban J connectivity index is 1.33. The van der Waals surface area contributed by atoms with Gasteiger partial charge in [0.15, 0.2) is 11.4 Å². The maximum absolute atomic E-state index is 13.1.